The first-order valence-corrected chi connectivity index (χ1v) is 11.4. The number of aryl methyl sites for hydroxylation is 2. The number of thiophene rings is 4. The average molecular weight is 413 g/mol. The van der Waals surface area contributed by atoms with E-state index in [2.05, 4.69) is 0 Å². The Labute approximate surface area is 166 Å². The Morgan fingerprint density at radius 1 is 0.654 bits per heavy atom. The van der Waals surface area contributed by atoms with Crippen LogP contribution in [0.4, 0.5) is 0 Å². The smallest absolute Gasteiger partial charge is 0.197 e. The highest BCUT2D eigenvalue weighted by Crippen LogP contribution is 2.50. The molecule has 5 rings (SSSR count). The maximum Gasteiger partial charge on any atom is 0.197 e. The first-order chi connectivity index (χ1) is 12.6. The van der Waals surface area contributed by atoms with E-state index >= 15 is 0 Å². The number of fused-ring (bicyclic) bond motifs is 2. The zero-order valence-corrected chi connectivity index (χ0v) is 17.2. The van der Waals surface area contributed by atoms with Gasteiger partial charge in [-0.2, -0.15) is 0 Å². The molecule has 0 fully saturated rings. The van der Waals surface area contributed by atoms with Gasteiger partial charge in [0, 0.05) is 30.6 Å². The van der Waals surface area contributed by atoms with Crippen molar-refractivity contribution in [2.24, 2.45) is 0 Å². The van der Waals surface area contributed by atoms with Crippen LogP contribution in [0.1, 0.15) is 41.6 Å². The van der Waals surface area contributed by atoms with Gasteiger partial charge in [0.05, 0.1) is 20.9 Å². The van der Waals surface area contributed by atoms with Crippen LogP contribution in [0.2, 0.25) is 0 Å². The SMILES string of the molecule is Cc1sc(C)c2c1C(=O)c1c(-c3cccs3)sc(-c3cccs3)c1C2=O. The highest BCUT2D eigenvalue weighted by Gasteiger charge is 2.40. The normalized spacial score (nSPS) is 13.2. The summed E-state index contributed by atoms with van der Waals surface area (Å²) in [5, 5.41) is 4.01. The fourth-order valence-corrected chi connectivity index (χ4v) is 7.57. The lowest BCUT2D eigenvalue weighted by molar-refractivity contribution is 0.0981. The van der Waals surface area contributed by atoms with Crippen molar-refractivity contribution in [2.45, 2.75) is 13.8 Å². The Balaban J connectivity index is 1.88. The molecule has 4 aromatic heterocycles. The summed E-state index contributed by atoms with van der Waals surface area (Å²) in [6.45, 7) is 3.87. The Morgan fingerprint density at radius 3 is 1.50 bits per heavy atom. The summed E-state index contributed by atoms with van der Waals surface area (Å²) in [7, 11) is 0. The predicted molar refractivity (Wildman–Crippen MR) is 112 cm³/mol. The van der Waals surface area contributed by atoms with Crippen LogP contribution in [0.25, 0.3) is 19.5 Å². The van der Waals surface area contributed by atoms with E-state index < -0.39 is 0 Å². The Kier molecular flexibility index (Phi) is 3.66. The van der Waals surface area contributed by atoms with Gasteiger partial charge in [-0.25, -0.2) is 0 Å². The molecular formula is C20H12O2S4. The van der Waals surface area contributed by atoms with Crippen molar-refractivity contribution in [1.82, 2.24) is 0 Å². The molecule has 4 aromatic rings. The van der Waals surface area contributed by atoms with Crippen molar-refractivity contribution in [3.63, 3.8) is 0 Å². The van der Waals surface area contributed by atoms with Crippen molar-refractivity contribution in [3.8, 4) is 19.5 Å². The Morgan fingerprint density at radius 2 is 1.12 bits per heavy atom. The molecule has 0 bridgehead atoms. The van der Waals surface area contributed by atoms with Crippen molar-refractivity contribution in [3.05, 3.63) is 67.0 Å². The van der Waals surface area contributed by atoms with Gasteiger partial charge in [-0.1, -0.05) is 12.1 Å². The lowest BCUT2D eigenvalue weighted by Gasteiger charge is -2.15. The molecule has 0 aliphatic heterocycles. The van der Waals surface area contributed by atoms with Gasteiger partial charge < -0.3 is 0 Å². The summed E-state index contributed by atoms with van der Waals surface area (Å²) < 4.78 is 0. The van der Waals surface area contributed by atoms with E-state index in [1.54, 1.807) is 45.3 Å². The van der Waals surface area contributed by atoms with Gasteiger partial charge in [0.2, 0.25) is 0 Å². The first kappa shape index (κ1) is 16.3. The molecule has 0 N–H and O–H groups in total. The van der Waals surface area contributed by atoms with Crippen LogP contribution in [0.3, 0.4) is 0 Å². The summed E-state index contributed by atoms with van der Waals surface area (Å²) in [4.78, 5) is 32.7. The van der Waals surface area contributed by atoms with Gasteiger partial charge >= 0.3 is 0 Å². The van der Waals surface area contributed by atoms with Gasteiger partial charge in [0.1, 0.15) is 0 Å². The number of carbonyl (C=O) groups excluding carboxylic acids is 2. The highest BCUT2D eigenvalue weighted by atomic mass is 32.1. The van der Waals surface area contributed by atoms with E-state index in [1.165, 1.54) is 0 Å². The van der Waals surface area contributed by atoms with Gasteiger partial charge in [-0.3, -0.25) is 9.59 Å². The van der Waals surface area contributed by atoms with Gasteiger partial charge in [0.15, 0.2) is 11.6 Å². The van der Waals surface area contributed by atoms with Crippen LogP contribution in [0.15, 0.2) is 35.0 Å². The molecule has 0 amide bonds. The molecule has 0 atom stereocenters. The minimum absolute atomic E-state index is 0.00101. The van der Waals surface area contributed by atoms with Crippen molar-refractivity contribution in [2.75, 3.05) is 0 Å². The third-order valence-electron chi connectivity index (χ3n) is 4.57. The molecule has 0 saturated carbocycles. The van der Waals surface area contributed by atoms with Crippen LogP contribution < -0.4 is 0 Å². The summed E-state index contributed by atoms with van der Waals surface area (Å²) >= 11 is 6.32. The highest BCUT2D eigenvalue weighted by molar-refractivity contribution is 7.26. The van der Waals surface area contributed by atoms with E-state index in [4.69, 9.17) is 0 Å². The molecule has 4 heterocycles. The molecule has 1 aliphatic rings. The zero-order valence-electron chi connectivity index (χ0n) is 13.9. The number of hydrogen-bond acceptors (Lipinski definition) is 6. The van der Waals surface area contributed by atoms with E-state index in [9.17, 15) is 9.59 Å². The van der Waals surface area contributed by atoms with Crippen molar-refractivity contribution < 1.29 is 9.59 Å². The first-order valence-electron chi connectivity index (χ1n) is 8.02. The predicted octanol–water partition coefficient (Wildman–Crippen LogP) is 6.66. The molecule has 0 spiro atoms. The lowest BCUT2D eigenvalue weighted by atomic mass is 9.84. The zero-order chi connectivity index (χ0) is 18.0. The molecule has 0 radical (unpaired) electrons. The second-order valence-electron chi connectivity index (χ2n) is 6.09. The fourth-order valence-electron chi connectivity index (χ4n) is 3.51. The van der Waals surface area contributed by atoms with Gasteiger partial charge in [-0.15, -0.1) is 45.3 Å². The summed E-state index contributed by atoms with van der Waals surface area (Å²) in [6.07, 6.45) is 0. The molecule has 0 saturated heterocycles. The van der Waals surface area contributed by atoms with E-state index in [1.807, 2.05) is 48.9 Å². The molecular weight excluding hydrogens is 400 g/mol. The Hall–Kier alpha value is -1.86. The fraction of sp³-hybridized carbons (Fsp3) is 0.100. The summed E-state index contributed by atoms with van der Waals surface area (Å²) in [6, 6.07) is 8.01. The average Bonchev–Trinajstić information content (AvgIpc) is 3.38. The molecule has 6 heteroatoms. The second kappa shape index (κ2) is 5.82. The monoisotopic (exact) mass is 412 g/mol. The molecule has 26 heavy (non-hydrogen) atoms. The molecule has 0 aromatic carbocycles. The number of ketones is 2. The molecule has 128 valence electrons. The van der Waals surface area contributed by atoms with Crippen LogP contribution in [-0.2, 0) is 0 Å². The largest absolute Gasteiger partial charge is 0.288 e. The minimum atomic E-state index is -0.00101. The van der Waals surface area contributed by atoms with Crippen LogP contribution in [-0.4, -0.2) is 11.6 Å². The summed E-state index contributed by atoms with van der Waals surface area (Å²) in [5.74, 6) is -0.00203. The third kappa shape index (κ3) is 2.13. The second-order valence-corrected chi connectivity index (χ2v) is 10.4. The van der Waals surface area contributed by atoms with Gasteiger partial charge in [-0.05, 0) is 36.7 Å². The molecule has 2 nitrogen and oxygen atoms in total. The maximum absolute atomic E-state index is 13.5. The number of rotatable bonds is 2. The van der Waals surface area contributed by atoms with Crippen molar-refractivity contribution >= 4 is 56.9 Å². The quantitative estimate of drug-likeness (QED) is 0.325. The third-order valence-corrected chi connectivity index (χ3v) is 8.88. The summed E-state index contributed by atoms with van der Waals surface area (Å²) in [5.41, 5.74) is 2.41. The topological polar surface area (TPSA) is 34.1 Å². The van der Waals surface area contributed by atoms with E-state index in [0.29, 0.717) is 22.3 Å². The van der Waals surface area contributed by atoms with Gasteiger partial charge in [0.25, 0.3) is 0 Å². The van der Waals surface area contributed by atoms with Crippen LogP contribution in [0, 0.1) is 13.8 Å². The van der Waals surface area contributed by atoms with E-state index in [-0.39, 0.29) is 11.6 Å². The van der Waals surface area contributed by atoms with E-state index in [0.717, 1.165) is 29.3 Å². The van der Waals surface area contributed by atoms with Crippen LogP contribution in [0.5, 0.6) is 0 Å². The van der Waals surface area contributed by atoms with Crippen molar-refractivity contribution in [1.29, 1.82) is 0 Å². The van der Waals surface area contributed by atoms with Crippen LogP contribution >= 0.6 is 45.3 Å². The standard InChI is InChI=1S/C20H12O2S4/c1-9-13-14(10(2)25-9)18(22)16-15(17(13)21)19(11-5-3-7-23-11)26-20(16)12-6-4-8-24-12/h3-8H,1-2H3. The molecule has 1 aliphatic carbocycles. The Bertz CT molecular complexity index is 1080. The lowest BCUT2D eigenvalue weighted by Crippen LogP contribution is -2.20. The number of hydrogen-bond donors (Lipinski definition) is 0. The number of carbonyl (C=O) groups is 2. The molecule has 0 unspecified atom stereocenters. The minimum Gasteiger partial charge on any atom is -0.288 e. The maximum atomic E-state index is 13.5.